The van der Waals surface area contributed by atoms with E-state index in [4.69, 9.17) is 23.2 Å². The Morgan fingerprint density at radius 1 is 1.32 bits per heavy atom. The number of aliphatic hydroxyl groups excluding tert-OH is 1. The van der Waals surface area contributed by atoms with Gasteiger partial charge >= 0.3 is 0 Å². The van der Waals surface area contributed by atoms with Gasteiger partial charge in [0.15, 0.2) is 0 Å². The third kappa shape index (κ3) is 3.00. The normalized spacial score (nSPS) is 42.0. The Morgan fingerprint density at radius 3 is 2.73 bits per heavy atom. The molecule has 0 spiro atoms. The van der Waals surface area contributed by atoms with Gasteiger partial charge in [0.2, 0.25) is 0 Å². The molecule has 1 aliphatic heterocycles. The number of alkyl halides is 2. The fourth-order valence-corrected chi connectivity index (χ4v) is 4.99. The van der Waals surface area contributed by atoms with Gasteiger partial charge in [0, 0.05) is 12.0 Å². The lowest BCUT2D eigenvalue weighted by Gasteiger charge is -2.44. The number of allylic oxidation sites excluding steroid dienone is 4. The van der Waals surface area contributed by atoms with Gasteiger partial charge in [-0.2, -0.15) is 0 Å². The van der Waals surface area contributed by atoms with E-state index in [1.54, 1.807) is 0 Å². The zero-order valence-corrected chi connectivity index (χ0v) is 14.8. The first-order valence-electron chi connectivity index (χ1n) is 8.56. The van der Waals surface area contributed by atoms with Gasteiger partial charge in [-0.1, -0.05) is 31.1 Å². The second kappa shape index (κ2) is 6.47. The van der Waals surface area contributed by atoms with Crippen molar-refractivity contribution < 1.29 is 5.11 Å². The van der Waals surface area contributed by atoms with Gasteiger partial charge in [0.25, 0.3) is 0 Å². The first-order chi connectivity index (χ1) is 10.5. The molecule has 4 unspecified atom stereocenters. The minimum atomic E-state index is -0.424. The highest BCUT2D eigenvalue weighted by Gasteiger charge is 2.47. The second-order valence-electron chi connectivity index (χ2n) is 7.44. The van der Waals surface area contributed by atoms with E-state index in [0.717, 1.165) is 32.2 Å². The predicted molar refractivity (Wildman–Crippen MR) is 93.6 cm³/mol. The van der Waals surface area contributed by atoms with Crippen molar-refractivity contribution >= 4 is 23.2 Å². The summed E-state index contributed by atoms with van der Waals surface area (Å²) in [7, 11) is 0. The summed E-state index contributed by atoms with van der Waals surface area (Å²) in [5, 5.41) is 13.7. The number of hydrogen-bond acceptors (Lipinski definition) is 2. The van der Waals surface area contributed by atoms with E-state index >= 15 is 0 Å². The molecule has 4 heteroatoms. The van der Waals surface area contributed by atoms with Crippen molar-refractivity contribution in [1.29, 1.82) is 0 Å². The minimum Gasteiger partial charge on any atom is -0.391 e. The van der Waals surface area contributed by atoms with Crippen LogP contribution in [0.2, 0.25) is 0 Å². The summed E-state index contributed by atoms with van der Waals surface area (Å²) < 4.78 is 0. The average molecular weight is 344 g/mol. The topological polar surface area (TPSA) is 32.3 Å². The van der Waals surface area contributed by atoms with E-state index in [2.05, 4.69) is 23.5 Å². The second-order valence-corrected chi connectivity index (χ2v) is 8.77. The Hall–Kier alpha value is -0.0200. The van der Waals surface area contributed by atoms with Crippen LogP contribution < -0.4 is 5.32 Å². The summed E-state index contributed by atoms with van der Waals surface area (Å²) in [4.78, 5) is -0.424. The molecule has 0 aromatic carbocycles. The minimum absolute atomic E-state index is 0.0858. The van der Waals surface area contributed by atoms with Crippen LogP contribution in [-0.2, 0) is 0 Å². The third-order valence-electron chi connectivity index (χ3n) is 5.95. The maximum atomic E-state index is 10.6. The molecule has 2 nitrogen and oxygen atoms in total. The number of hydrogen-bond donors (Lipinski definition) is 2. The van der Waals surface area contributed by atoms with Crippen molar-refractivity contribution in [2.75, 3.05) is 13.1 Å². The van der Waals surface area contributed by atoms with Crippen LogP contribution in [0.3, 0.4) is 0 Å². The van der Waals surface area contributed by atoms with E-state index < -0.39 is 4.87 Å². The van der Waals surface area contributed by atoms with Gasteiger partial charge < -0.3 is 10.4 Å². The highest BCUT2D eigenvalue weighted by molar-refractivity contribution is 6.33. The zero-order valence-electron chi connectivity index (χ0n) is 13.3. The van der Waals surface area contributed by atoms with Crippen LogP contribution in [0.1, 0.15) is 45.4 Å². The molecule has 0 aromatic rings. The summed E-state index contributed by atoms with van der Waals surface area (Å²) in [6.45, 7) is 3.72. The van der Waals surface area contributed by atoms with Crippen LogP contribution in [0.15, 0.2) is 23.8 Å². The molecule has 1 saturated heterocycles. The number of piperidine rings is 1. The molecule has 22 heavy (non-hydrogen) atoms. The Labute approximate surface area is 143 Å². The molecule has 3 aliphatic rings. The lowest BCUT2D eigenvalue weighted by Crippen LogP contribution is -2.48. The number of rotatable bonds is 2. The smallest absolute Gasteiger partial charge is 0.0714 e. The molecule has 0 bridgehead atoms. The summed E-state index contributed by atoms with van der Waals surface area (Å²) in [5.74, 6) is 0.329. The molecule has 1 heterocycles. The highest BCUT2D eigenvalue weighted by atomic mass is 35.5. The molecule has 124 valence electrons. The summed E-state index contributed by atoms with van der Waals surface area (Å²) in [6, 6.07) is 0. The van der Waals surface area contributed by atoms with Crippen LogP contribution in [0.25, 0.3) is 0 Å². The zero-order chi connectivity index (χ0) is 15.8. The molecule has 2 aliphatic carbocycles. The first kappa shape index (κ1) is 16.8. The number of aliphatic hydroxyl groups is 1. The summed E-state index contributed by atoms with van der Waals surface area (Å²) >= 11 is 13.2. The molecule has 2 fully saturated rings. The van der Waals surface area contributed by atoms with Crippen LogP contribution in [0.5, 0.6) is 0 Å². The molecule has 1 saturated carbocycles. The van der Waals surface area contributed by atoms with Crippen molar-refractivity contribution in [3.05, 3.63) is 23.8 Å². The van der Waals surface area contributed by atoms with E-state index in [1.165, 1.54) is 18.4 Å². The van der Waals surface area contributed by atoms with Crippen molar-refractivity contribution in [3.63, 3.8) is 0 Å². The average Bonchev–Trinajstić information content (AvgIpc) is 2.92. The molecule has 2 N–H and O–H groups in total. The van der Waals surface area contributed by atoms with Gasteiger partial charge in [-0.05, 0) is 50.6 Å². The maximum Gasteiger partial charge on any atom is 0.0714 e. The lowest BCUT2D eigenvalue weighted by atomic mass is 9.64. The van der Waals surface area contributed by atoms with E-state index in [9.17, 15) is 5.11 Å². The highest BCUT2D eigenvalue weighted by Crippen LogP contribution is 2.54. The molecule has 4 atom stereocenters. The standard InChI is InChI=1S/C18H27Cl2NO/c1-17(20)7-4-5-13(11-16(17)19)18(8-2-3-9-18)14-6-10-21-12-15(14)22/h4-5,11,14-16,21-22H,2-3,6-10,12H2,1H3. The number of nitrogens with one attached hydrogen (secondary N) is 1. The quantitative estimate of drug-likeness (QED) is 0.742. The van der Waals surface area contributed by atoms with Gasteiger partial charge in [-0.15, -0.1) is 23.2 Å². The Morgan fingerprint density at radius 2 is 2.05 bits per heavy atom. The van der Waals surface area contributed by atoms with Crippen LogP contribution >= 0.6 is 23.2 Å². The Balaban J connectivity index is 1.96. The van der Waals surface area contributed by atoms with Gasteiger partial charge in [-0.3, -0.25) is 0 Å². The van der Waals surface area contributed by atoms with Crippen molar-refractivity contribution in [1.82, 2.24) is 5.32 Å². The maximum absolute atomic E-state index is 10.6. The molecular formula is C18H27Cl2NO. The largest absolute Gasteiger partial charge is 0.391 e. The fraction of sp³-hybridized carbons (Fsp3) is 0.778. The third-order valence-corrected chi connectivity index (χ3v) is 7.05. The van der Waals surface area contributed by atoms with Crippen LogP contribution in [0.4, 0.5) is 0 Å². The van der Waals surface area contributed by atoms with Crippen LogP contribution in [0, 0.1) is 11.3 Å². The SMILES string of the molecule is CC1(Cl)CC=CC(C2(C3CCNCC3O)CCCC2)=CC1Cl. The lowest BCUT2D eigenvalue weighted by molar-refractivity contribution is 0.0165. The van der Waals surface area contributed by atoms with E-state index in [1.807, 2.05) is 6.92 Å². The monoisotopic (exact) mass is 343 g/mol. The molecule has 0 aromatic heterocycles. The van der Waals surface area contributed by atoms with Crippen molar-refractivity contribution in [3.8, 4) is 0 Å². The number of β-amino-alcohol motifs (C(OH)–C–C–N with tert-alkyl or cyclic N) is 1. The summed E-state index contributed by atoms with van der Waals surface area (Å²) in [5.41, 5.74) is 1.41. The van der Waals surface area contributed by atoms with Crippen LogP contribution in [-0.4, -0.2) is 34.6 Å². The molecular weight excluding hydrogens is 317 g/mol. The van der Waals surface area contributed by atoms with Crippen molar-refractivity contribution in [2.24, 2.45) is 11.3 Å². The number of halogens is 2. The summed E-state index contributed by atoms with van der Waals surface area (Å²) in [6.07, 6.45) is 13.0. The van der Waals surface area contributed by atoms with E-state index in [-0.39, 0.29) is 16.9 Å². The van der Waals surface area contributed by atoms with Crippen molar-refractivity contribution in [2.45, 2.75) is 61.8 Å². The fourth-order valence-electron chi connectivity index (χ4n) is 4.61. The van der Waals surface area contributed by atoms with Gasteiger partial charge in [0.1, 0.15) is 0 Å². The predicted octanol–water partition coefficient (Wildman–Crippen LogP) is 4.01. The Bertz CT molecular complexity index is 466. The molecule has 0 amide bonds. The molecule has 3 rings (SSSR count). The van der Waals surface area contributed by atoms with Gasteiger partial charge in [-0.25, -0.2) is 0 Å². The van der Waals surface area contributed by atoms with E-state index in [0.29, 0.717) is 12.5 Å². The first-order valence-corrected chi connectivity index (χ1v) is 9.38. The van der Waals surface area contributed by atoms with Gasteiger partial charge in [0.05, 0.1) is 16.4 Å². The molecule has 0 radical (unpaired) electrons. The Kier molecular flexibility index (Phi) is 4.95.